The predicted molar refractivity (Wildman–Crippen MR) is 118 cm³/mol. The number of methoxy groups -OCH3 is 1. The largest absolute Gasteiger partial charge is 0.496 e. The summed E-state index contributed by atoms with van der Waals surface area (Å²) in [5.74, 6) is -0.177. The van der Waals surface area contributed by atoms with E-state index in [2.05, 4.69) is 11.8 Å². The first kappa shape index (κ1) is 20.4. The number of para-hydroxylation sites is 2. The molecule has 2 aromatic carbocycles. The molecule has 30 heavy (non-hydrogen) atoms. The molecule has 1 saturated heterocycles. The Morgan fingerprint density at radius 2 is 1.60 bits per heavy atom. The van der Waals surface area contributed by atoms with Gasteiger partial charge in [-0.25, -0.2) is 4.90 Å². The van der Waals surface area contributed by atoms with Gasteiger partial charge in [-0.05, 0) is 24.7 Å². The summed E-state index contributed by atoms with van der Waals surface area (Å²) in [5.41, 5.74) is 1.78. The van der Waals surface area contributed by atoms with Crippen molar-refractivity contribution in [1.82, 2.24) is 9.80 Å². The zero-order chi connectivity index (χ0) is 21.3. The van der Waals surface area contributed by atoms with Crippen LogP contribution in [-0.4, -0.2) is 61.4 Å². The lowest BCUT2D eigenvalue weighted by atomic mass is 10.0. The third kappa shape index (κ3) is 3.46. The van der Waals surface area contributed by atoms with Gasteiger partial charge in [-0.2, -0.15) is 0 Å². The van der Waals surface area contributed by atoms with Crippen molar-refractivity contribution in [3.63, 3.8) is 0 Å². The van der Waals surface area contributed by atoms with Crippen LogP contribution in [0.1, 0.15) is 12.5 Å². The molecule has 2 heterocycles. The molecule has 0 atom stereocenters. The van der Waals surface area contributed by atoms with E-state index in [-0.39, 0.29) is 11.8 Å². The molecule has 0 spiro atoms. The minimum atomic E-state index is -0.384. The molecule has 2 aliphatic heterocycles. The van der Waals surface area contributed by atoms with Crippen LogP contribution in [0.2, 0.25) is 5.02 Å². The monoisotopic (exact) mass is 425 g/mol. The quantitative estimate of drug-likeness (QED) is 0.688. The van der Waals surface area contributed by atoms with Crippen molar-refractivity contribution in [2.24, 2.45) is 0 Å². The van der Waals surface area contributed by atoms with Crippen molar-refractivity contribution in [3.05, 3.63) is 64.8 Å². The summed E-state index contributed by atoms with van der Waals surface area (Å²) < 4.78 is 5.51. The molecule has 0 radical (unpaired) electrons. The van der Waals surface area contributed by atoms with E-state index >= 15 is 0 Å². The molecule has 2 aromatic rings. The summed E-state index contributed by atoms with van der Waals surface area (Å²) in [5, 5.41) is 0.357. The van der Waals surface area contributed by atoms with Crippen LogP contribution in [0.25, 0.3) is 5.57 Å². The SMILES string of the molecule is CCN1CCN(C2=C(c3ccccc3OC)C(=O)N(c3ccccc3Cl)C2=O)CC1. The van der Waals surface area contributed by atoms with Crippen LogP contribution in [0.3, 0.4) is 0 Å². The summed E-state index contributed by atoms with van der Waals surface area (Å²) in [7, 11) is 1.56. The van der Waals surface area contributed by atoms with Gasteiger partial charge >= 0.3 is 0 Å². The lowest BCUT2D eigenvalue weighted by Crippen LogP contribution is -2.47. The Hall–Kier alpha value is -2.83. The predicted octanol–water partition coefficient (Wildman–Crippen LogP) is 3.27. The maximum absolute atomic E-state index is 13.6. The number of nitrogens with zero attached hydrogens (tertiary/aromatic N) is 3. The molecule has 0 aromatic heterocycles. The molecule has 6 nitrogen and oxygen atoms in total. The van der Waals surface area contributed by atoms with E-state index in [0.717, 1.165) is 19.6 Å². The smallest absolute Gasteiger partial charge is 0.282 e. The summed E-state index contributed by atoms with van der Waals surface area (Å²) in [6.45, 7) is 6.12. The first-order chi connectivity index (χ1) is 14.6. The summed E-state index contributed by atoms with van der Waals surface area (Å²) in [6.07, 6.45) is 0. The molecule has 7 heteroatoms. The summed E-state index contributed by atoms with van der Waals surface area (Å²) >= 11 is 6.35. The van der Waals surface area contributed by atoms with E-state index in [1.807, 2.05) is 23.1 Å². The molecule has 0 N–H and O–H groups in total. The van der Waals surface area contributed by atoms with Crippen LogP contribution in [0.15, 0.2) is 54.2 Å². The highest BCUT2D eigenvalue weighted by Crippen LogP contribution is 2.40. The number of ether oxygens (including phenoxy) is 1. The van der Waals surface area contributed by atoms with Gasteiger partial charge in [0.15, 0.2) is 0 Å². The molecule has 0 saturated carbocycles. The number of likely N-dealkylation sites (N-methyl/N-ethyl adjacent to an activating group) is 1. The number of halogens is 1. The number of carbonyl (C=O) groups excluding carboxylic acids is 2. The number of imide groups is 1. The maximum atomic E-state index is 13.6. The van der Waals surface area contributed by atoms with Gasteiger partial charge in [-0.3, -0.25) is 9.59 Å². The Morgan fingerprint density at radius 1 is 0.933 bits per heavy atom. The standard InChI is InChI=1S/C23H24ClN3O3/c1-3-25-12-14-26(15-13-25)21-20(16-8-4-7-11-19(16)30-2)22(28)27(23(21)29)18-10-6-5-9-17(18)24/h4-11H,3,12-15H2,1-2H3. The van der Waals surface area contributed by atoms with E-state index < -0.39 is 0 Å². The number of rotatable bonds is 5. The van der Waals surface area contributed by atoms with E-state index in [1.54, 1.807) is 37.4 Å². The number of carbonyl (C=O) groups is 2. The molecule has 2 aliphatic rings. The fraction of sp³-hybridized carbons (Fsp3) is 0.304. The molecule has 0 unspecified atom stereocenters. The van der Waals surface area contributed by atoms with E-state index in [0.29, 0.717) is 46.4 Å². The Labute approximate surface area is 181 Å². The first-order valence-electron chi connectivity index (χ1n) is 10.0. The highest BCUT2D eigenvalue weighted by Gasteiger charge is 2.44. The lowest BCUT2D eigenvalue weighted by Gasteiger charge is -2.36. The number of amides is 2. The topological polar surface area (TPSA) is 53.1 Å². The molecule has 0 bridgehead atoms. The van der Waals surface area contributed by atoms with Crippen LogP contribution in [-0.2, 0) is 9.59 Å². The van der Waals surface area contributed by atoms with Crippen LogP contribution < -0.4 is 9.64 Å². The van der Waals surface area contributed by atoms with Gasteiger partial charge in [-0.1, -0.05) is 48.9 Å². The third-order valence-corrected chi connectivity index (χ3v) is 5.98. The van der Waals surface area contributed by atoms with Gasteiger partial charge < -0.3 is 14.5 Å². The molecule has 156 valence electrons. The van der Waals surface area contributed by atoms with Crippen LogP contribution in [0.4, 0.5) is 5.69 Å². The Bertz CT molecular complexity index is 1010. The average Bonchev–Trinajstić information content (AvgIpc) is 3.04. The molecule has 2 amide bonds. The highest BCUT2D eigenvalue weighted by molar-refractivity contribution is 6.47. The lowest BCUT2D eigenvalue weighted by molar-refractivity contribution is -0.120. The zero-order valence-corrected chi connectivity index (χ0v) is 17.9. The van der Waals surface area contributed by atoms with Gasteiger partial charge in [0.25, 0.3) is 11.8 Å². The summed E-state index contributed by atoms with van der Waals surface area (Å²) in [4.78, 5) is 32.7. The maximum Gasteiger partial charge on any atom is 0.282 e. The van der Waals surface area contributed by atoms with Crippen molar-refractivity contribution in [3.8, 4) is 5.75 Å². The third-order valence-electron chi connectivity index (χ3n) is 5.66. The Morgan fingerprint density at radius 3 is 2.27 bits per heavy atom. The van der Waals surface area contributed by atoms with Gasteiger partial charge in [0.05, 0.1) is 23.4 Å². The van der Waals surface area contributed by atoms with Crippen molar-refractivity contribution in [1.29, 1.82) is 0 Å². The van der Waals surface area contributed by atoms with E-state index in [4.69, 9.17) is 16.3 Å². The van der Waals surface area contributed by atoms with Crippen LogP contribution in [0.5, 0.6) is 5.75 Å². The fourth-order valence-electron chi connectivity index (χ4n) is 4.05. The van der Waals surface area contributed by atoms with Crippen molar-refractivity contribution < 1.29 is 14.3 Å². The summed E-state index contributed by atoms with van der Waals surface area (Å²) in [6, 6.07) is 14.2. The van der Waals surface area contributed by atoms with Crippen molar-refractivity contribution in [2.45, 2.75) is 6.92 Å². The zero-order valence-electron chi connectivity index (χ0n) is 17.1. The molecule has 4 rings (SSSR count). The second-order valence-corrected chi connectivity index (χ2v) is 7.65. The molecular formula is C23H24ClN3O3. The number of hydrogen-bond donors (Lipinski definition) is 0. The number of benzene rings is 2. The van der Waals surface area contributed by atoms with E-state index in [1.165, 1.54) is 4.90 Å². The van der Waals surface area contributed by atoms with Crippen molar-refractivity contribution in [2.75, 3.05) is 44.7 Å². The van der Waals surface area contributed by atoms with Crippen LogP contribution in [0, 0.1) is 0 Å². The van der Waals surface area contributed by atoms with Gasteiger partial charge in [0.1, 0.15) is 11.4 Å². The van der Waals surface area contributed by atoms with Gasteiger partial charge in [0, 0.05) is 31.7 Å². The van der Waals surface area contributed by atoms with Crippen LogP contribution >= 0.6 is 11.6 Å². The van der Waals surface area contributed by atoms with Gasteiger partial charge in [-0.15, -0.1) is 0 Å². The second kappa shape index (κ2) is 8.50. The number of piperazine rings is 1. The normalized spacial score (nSPS) is 17.8. The molecular weight excluding hydrogens is 402 g/mol. The fourth-order valence-corrected chi connectivity index (χ4v) is 4.27. The van der Waals surface area contributed by atoms with Gasteiger partial charge in [0.2, 0.25) is 0 Å². The Kier molecular flexibility index (Phi) is 5.79. The average molecular weight is 426 g/mol. The molecule has 1 fully saturated rings. The molecule has 0 aliphatic carbocycles. The Balaban J connectivity index is 1.84. The van der Waals surface area contributed by atoms with Crippen molar-refractivity contribution >= 4 is 34.7 Å². The second-order valence-electron chi connectivity index (χ2n) is 7.24. The minimum absolute atomic E-state index is 0.348. The minimum Gasteiger partial charge on any atom is -0.496 e. The first-order valence-corrected chi connectivity index (χ1v) is 10.4. The number of hydrogen-bond acceptors (Lipinski definition) is 5. The van der Waals surface area contributed by atoms with E-state index in [9.17, 15) is 9.59 Å². The highest BCUT2D eigenvalue weighted by atomic mass is 35.5. The number of anilines is 1.